The number of hydrogen-bond acceptors (Lipinski definition) is 2. The topological polar surface area (TPSA) is 23.5 Å². The molecule has 7 heteroatoms. The van der Waals surface area contributed by atoms with Crippen molar-refractivity contribution in [1.29, 1.82) is 0 Å². The van der Waals surface area contributed by atoms with Gasteiger partial charge < -0.3 is 9.34 Å². The molecule has 0 aromatic heterocycles. The summed E-state index contributed by atoms with van der Waals surface area (Å²) in [4.78, 5) is 0. The van der Waals surface area contributed by atoms with Crippen LogP contribution in [0.5, 0.6) is 5.75 Å². The van der Waals surface area contributed by atoms with E-state index < -0.39 is 37.3 Å². The van der Waals surface area contributed by atoms with Gasteiger partial charge in [0.15, 0.2) is 8.24 Å². The van der Waals surface area contributed by atoms with E-state index in [1.807, 2.05) is 0 Å². The van der Waals surface area contributed by atoms with Crippen LogP contribution < -0.4 is 10.4 Å². The molecule has 2 rings (SSSR count). The van der Waals surface area contributed by atoms with Gasteiger partial charge >= 0.3 is 37.9 Å². The fraction of sp³-hybridized carbons (Fsp3) is 0.429. The van der Waals surface area contributed by atoms with Gasteiger partial charge in [-0.25, -0.2) is 0 Å². The third kappa shape index (κ3) is 6.06. The van der Waals surface area contributed by atoms with E-state index in [9.17, 15) is 5.11 Å². The van der Waals surface area contributed by atoms with Crippen molar-refractivity contribution < 1.29 is 26.0 Å². The Morgan fingerprint density at radius 3 is 1.82 bits per heavy atom. The van der Waals surface area contributed by atoms with Gasteiger partial charge in [0, 0.05) is 0 Å². The van der Waals surface area contributed by atoms with E-state index in [4.69, 9.17) is 17.0 Å². The first-order valence-electron chi connectivity index (χ1n) is 9.40. The number of halogens is 2. The second-order valence-corrected chi connectivity index (χ2v) is 21.9. The maximum atomic E-state index is 11.1. The van der Waals surface area contributed by atoms with E-state index in [2.05, 4.69) is 107 Å². The van der Waals surface area contributed by atoms with Crippen molar-refractivity contribution in [3.05, 3.63) is 54.1 Å². The van der Waals surface area contributed by atoms with E-state index in [1.54, 1.807) is 0 Å². The molecular formula is C21H33Cl2NOSi2Zr. The number of phenols is 1. The van der Waals surface area contributed by atoms with E-state index in [0.717, 1.165) is 10.8 Å². The normalized spacial score (nSPS) is 12.4. The Kier molecular flexibility index (Phi) is 9.72. The van der Waals surface area contributed by atoms with Gasteiger partial charge in [0.2, 0.25) is 0 Å². The molecule has 28 heavy (non-hydrogen) atoms. The fourth-order valence-electron chi connectivity index (χ4n) is 3.56. The van der Waals surface area contributed by atoms with Gasteiger partial charge in [-0.3, -0.25) is 0 Å². The van der Waals surface area contributed by atoms with Crippen molar-refractivity contribution in [2.24, 2.45) is 0 Å². The summed E-state index contributed by atoms with van der Waals surface area (Å²) in [6, 6.07) is 17.1. The third-order valence-electron chi connectivity index (χ3n) is 5.66. The van der Waals surface area contributed by atoms with Gasteiger partial charge in [-0.05, 0) is 28.4 Å². The summed E-state index contributed by atoms with van der Waals surface area (Å²) in [7, 11) is 8.31. The van der Waals surface area contributed by atoms with E-state index in [0.29, 0.717) is 5.75 Å². The van der Waals surface area contributed by atoms with Crippen molar-refractivity contribution in [2.75, 3.05) is 7.05 Å². The predicted octanol–water partition coefficient (Wildman–Crippen LogP) is 5.52. The third-order valence-corrected chi connectivity index (χ3v) is 15.8. The van der Waals surface area contributed by atoms with Crippen LogP contribution in [0.3, 0.4) is 0 Å². The fourth-order valence-corrected chi connectivity index (χ4v) is 12.9. The quantitative estimate of drug-likeness (QED) is 0.523. The molecule has 2 aromatic rings. The molecule has 0 atom stereocenters. The molecule has 0 aliphatic carbocycles. The molecule has 0 unspecified atom stereocenters. The molecule has 0 aliphatic rings. The van der Waals surface area contributed by atoms with Gasteiger partial charge in [0.25, 0.3) is 0 Å². The Hall–Kier alpha value is 0.0969. The molecule has 2 aromatic carbocycles. The Morgan fingerprint density at radius 2 is 1.36 bits per heavy atom. The molecule has 0 saturated heterocycles. The number of nitrogens with zero attached hydrogens (tertiary/aromatic N) is 1. The van der Waals surface area contributed by atoms with Crippen molar-refractivity contribution in [1.82, 2.24) is 4.23 Å². The monoisotopic (exact) mass is 531 g/mol. The average molecular weight is 534 g/mol. The van der Waals surface area contributed by atoms with Crippen LogP contribution in [-0.2, 0) is 26.3 Å². The predicted molar refractivity (Wildman–Crippen MR) is 127 cm³/mol. The molecule has 2 nitrogen and oxygen atoms in total. The standard InChI is InChI=1S/C21H33NOSi2.2ClH.Zr/c1-21(2,3)18-15-12-16-19(20(18)23)25(7,8)22(4)24(5,6)17-13-10-9-11-14-17;;;/h9-16,23H,1-8H3;2*1H;/q;;;+2/p-2. The number of hydrogen-bond donors (Lipinski definition) is 1. The molecular weight excluding hydrogens is 501 g/mol. The summed E-state index contributed by atoms with van der Waals surface area (Å²) >= 11 is -0.826. The minimum absolute atomic E-state index is 0.0600. The SMILES string of the molecule is CN([Si](C)(C)c1ccccc1)[Si](C)(C)c1cccc(C(C)(C)C)c1O.[Cl][Zr][Cl]. The molecule has 154 valence electrons. The van der Waals surface area contributed by atoms with Crippen LogP contribution in [0, 0.1) is 0 Å². The van der Waals surface area contributed by atoms with E-state index >= 15 is 0 Å². The van der Waals surface area contributed by atoms with Crippen molar-refractivity contribution in [2.45, 2.75) is 52.4 Å². The van der Waals surface area contributed by atoms with Crippen molar-refractivity contribution in [3.63, 3.8) is 0 Å². The first-order valence-corrected chi connectivity index (χ1v) is 21.6. The zero-order valence-corrected chi connectivity index (χ0v) is 24.2. The Labute approximate surface area is 192 Å². The molecule has 0 fully saturated rings. The molecule has 0 spiro atoms. The number of para-hydroxylation sites is 1. The van der Waals surface area contributed by atoms with Crippen LogP contribution in [0.4, 0.5) is 0 Å². The van der Waals surface area contributed by atoms with Gasteiger partial charge in [0.05, 0.1) is 0 Å². The zero-order valence-electron chi connectivity index (χ0n) is 18.3. The number of aromatic hydroxyl groups is 1. The molecule has 0 amide bonds. The minimum atomic E-state index is -2.01. The van der Waals surface area contributed by atoms with Gasteiger partial charge in [-0.1, -0.05) is 95.5 Å². The summed E-state index contributed by atoms with van der Waals surface area (Å²) in [5.41, 5.74) is 0.980. The Bertz CT molecular complexity index is 765. The summed E-state index contributed by atoms with van der Waals surface area (Å²) in [5.74, 6) is 0.497. The second kappa shape index (κ2) is 10.4. The first-order chi connectivity index (χ1) is 12.8. The van der Waals surface area contributed by atoms with E-state index in [1.165, 1.54) is 5.19 Å². The number of rotatable bonds is 4. The van der Waals surface area contributed by atoms with Gasteiger partial charge in [-0.2, -0.15) is 0 Å². The van der Waals surface area contributed by atoms with Crippen LogP contribution in [0.25, 0.3) is 0 Å². The maximum absolute atomic E-state index is 11.1. The first kappa shape index (κ1) is 26.1. The zero-order chi connectivity index (χ0) is 21.8. The molecule has 0 heterocycles. The summed E-state index contributed by atoms with van der Waals surface area (Å²) in [6.07, 6.45) is 0. The van der Waals surface area contributed by atoms with Crippen LogP contribution in [0.1, 0.15) is 26.3 Å². The van der Waals surface area contributed by atoms with Crippen molar-refractivity contribution >= 4 is 43.9 Å². The summed E-state index contributed by atoms with van der Waals surface area (Å²) in [6.45, 7) is 16.0. The van der Waals surface area contributed by atoms with Crippen LogP contribution in [0.2, 0.25) is 26.2 Å². The molecule has 0 radical (unpaired) electrons. The summed E-state index contributed by atoms with van der Waals surface area (Å²) < 4.78 is 2.62. The number of benzene rings is 2. The van der Waals surface area contributed by atoms with Crippen LogP contribution in [-0.4, -0.2) is 32.9 Å². The molecule has 1 N–H and O–H groups in total. The van der Waals surface area contributed by atoms with Crippen molar-refractivity contribution in [3.8, 4) is 5.75 Å². The van der Waals surface area contributed by atoms with E-state index in [-0.39, 0.29) is 5.41 Å². The second-order valence-electron chi connectivity index (χ2n) is 9.07. The Balaban J connectivity index is 0.00000122. The summed E-state index contributed by atoms with van der Waals surface area (Å²) in [5, 5.41) is 13.6. The van der Waals surface area contributed by atoms with Gasteiger partial charge in [0.1, 0.15) is 14.0 Å². The van der Waals surface area contributed by atoms with Gasteiger partial charge in [-0.15, -0.1) is 0 Å². The van der Waals surface area contributed by atoms with Crippen LogP contribution >= 0.6 is 17.0 Å². The molecule has 0 aliphatic heterocycles. The molecule has 0 saturated carbocycles. The Morgan fingerprint density at radius 1 is 0.857 bits per heavy atom. The van der Waals surface area contributed by atoms with Crippen LogP contribution in [0.15, 0.2) is 48.5 Å². The number of phenolic OH excluding ortho intramolecular Hbond substituents is 1. The average Bonchev–Trinajstić information content (AvgIpc) is 2.61. The molecule has 0 bridgehead atoms.